The molecule has 0 atom stereocenters. The molecule has 152 valence electrons. The van der Waals surface area contributed by atoms with E-state index in [0.29, 0.717) is 23.7 Å². The van der Waals surface area contributed by atoms with E-state index < -0.39 is 0 Å². The van der Waals surface area contributed by atoms with Crippen LogP contribution in [0, 0.1) is 0 Å². The highest BCUT2D eigenvalue weighted by Crippen LogP contribution is 2.39. The number of fused-ring (bicyclic) bond motifs is 2. The molecule has 1 aromatic carbocycles. The summed E-state index contributed by atoms with van der Waals surface area (Å²) < 4.78 is 2.09. The fraction of sp³-hybridized carbons (Fsp3) is 0.381. The molecule has 0 spiro atoms. The molecule has 0 bridgehead atoms. The molecular formula is C21H22N8O. The van der Waals surface area contributed by atoms with Crippen molar-refractivity contribution >= 4 is 22.4 Å². The highest BCUT2D eigenvalue weighted by Gasteiger charge is 2.30. The lowest BCUT2D eigenvalue weighted by Crippen LogP contribution is -2.46. The molecule has 1 aliphatic heterocycles. The molecule has 2 fully saturated rings. The monoisotopic (exact) mass is 402 g/mol. The van der Waals surface area contributed by atoms with Gasteiger partial charge >= 0.3 is 0 Å². The van der Waals surface area contributed by atoms with Gasteiger partial charge in [0.2, 0.25) is 5.65 Å². The maximum absolute atomic E-state index is 12.3. The van der Waals surface area contributed by atoms with E-state index in [1.807, 2.05) is 30.6 Å². The van der Waals surface area contributed by atoms with Crippen LogP contribution in [0.4, 0.5) is 5.82 Å². The smallest absolute Gasteiger partial charge is 0.258 e. The minimum Gasteiger partial charge on any atom is -0.351 e. The molecule has 0 amide bonds. The van der Waals surface area contributed by atoms with E-state index in [1.54, 1.807) is 6.07 Å². The summed E-state index contributed by atoms with van der Waals surface area (Å²) >= 11 is 0. The number of benzene rings is 1. The van der Waals surface area contributed by atoms with Gasteiger partial charge in [0, 0.05) is 44.5 Å². The standard InChI is InChI=1S/C21H22N8O/c30-21-15-3-1-2-4-16(15)23-17(24-21)13-27-9-11-28(12-10-27)19-20-26-25-18(14-5-6-14)29(20)8-7-22-19/h1-4,7-8,14H,5-6,9-13H2,(H,23,24,30). The van der Waals surface area contributed by atoms with Crippen LogP contribution in [0.15, 0.2) is 41.5 Å². The second-order valence-corrected chi connectivity index (χ2v) is 8.07. The van der Waals surface area contributed by atoms with Crippen molar-refractivity contribution in [3.63, 3.8) is 0 Å². The first kappa shape index (κ1) is 17.5. The van der Waals surface area contributed by atoms with E-state index in [4.69, 9.17) is 0 Å². The minimum atomic E-state index is -0.0802. The molecule has 0 radical (unpaired) electrons. The van der Waals surface area contributed by atoms with Crippen molar-refractivity contribution < 1.29 is 0 Å². The second kappa shape index (κ2) is 6.88. The van der Waals surface area contributed by atoms with Crippen molar-refractivity contribution in [2.45, 2.75) is 25.3 Å². The normalized spacial score (nSPS) is 17.8. The number of H-pyrrole nitrogens is 1. The average Bonchev–Trinajstić information content (AvgIpc) is 3.52. The lowest BCUT2D eigenvalue weighted by molar-refractivity contribution is 0.243. The van der Waals surface area contributed by atoms with Crippen LogP contribution in [0.2, 0.25) is 0 Å². The van der Waals surface area contributed by atoms with Crippen molar-refractivity contribution in [3.05, 3.63) is 58.7 Å². The van der Waals surface area contributed by atoms with Gasteiger partial charge in [0.25, 0.3) is 5.56 Å². The molecule has 6 rings (SSSR count). The molecule has 0 unspecified atom stereocenters. The number of anilines is 1. The Balaban J connectivity index is 1.18. The van der Waals surface area contributed by atoms with E-state index in [2.05, 4.69) is 39.3 Å². The fourth-order valence-electron chi connectivity index (χ4n) is 4.21. The van der Waals surface area contributed by atoms with Gasteiger partial charge in [-0.2, -0.15) is 0 Å². The molecule has 3 aromatic heterocycles. The first-order chi connectivity index (χ1) is 14.8. The number of aromatic nitrogens is 6. The fourth-order valence-corrected chi connectivity index (χ4v) is 4.21. The maximum atomic E-state index is 12.3. The molecule has 30 heavy (non-hydrogen) atoms. The van der Waals surface area contributed by atoms with E-state index in [1.165, 1.54) is 12.8 Å². The predicted octanol–water partition coefficient (Wildman–Crippen LogP) is 1.56. The summed E-state index contributed by atoms with van der Waals surface area (Å²) in [4.78, 5) is 29.1. The summed E-state index contributed by atoms with van der Waals surface area (Å²) in [5.74, 6) is 3.20. The van der Waals surface area contributed by atoms with Crippen molar-refractivity contribution in [2.24, 2.45) is 0 Å². The summed E-state index contributed by atoms with van der Waals surface area (Å²) in [6.45, 7) is 4.04. The van der Waals surface area contributed by atoms with Crippen LogP contribution in [-0.2, 0) is 6.54 Å². The second-order valence-electron chi connectivity index (χ2n) is 8.07. The summed E-state index contributed by atoms with van der Waals surface area (Å²) in [6.07, 6.45) is 6.20. The van der Waals surface area contributed by atoms with E-state index in [0.717, 1.165) is 49.0 Å². The van der Waals surface area contributed by atoms with E-state index in [-0.39, 0.29) is 5.56 Å². The number of rotatable bonds is 4. The largest absolute Gasteiger partial charge is 0.351 e. The summed E-state index contributed by atoms with van der Waals surface area (Å²) in [6, 6.07) is 7.45. The molecule has 9 nitrogen and oxygen atoms in total. The Bertz CT molecular complexity index is 1280. The predicted molar refractivity (Wildman–Crippen MR) is 113 cm³/mol. The molecule has 4 aromatic rings. The Labute approximate surface area is 172 Å². The van der Waals surface area contributed by atoms with E-state index >= 15 is 0 Å². The first-order valence-electron chi connectivity index (χ1n) is 10.4. The summed E-state index contributed by atoms with van der Waals surface area (Å²) in [5.41, 5.74) is 1.50. The molecule has 9 heteroatoms. The minimum absolute atomic E-state index is 0.0802. The van der Waals surface area contributed by atoms with Gasteiger partial charge in [0.15, 0.2) is 5.82 Å². The van der Waals surface area contributed by atoms with Gasteiger partial charge < -0.3 is 9.88 Å². The van der Waals surface area contributed by atoms with Gasteiger partial charge in [0.05, 0.1) is 17.4 Å². The van der Waals surface area contributed by atoms with Gasteiger partial charge in [-0.3, -0.25) is 14.1 Å². The van der Waals surface area contributed by atoms with Crippen LogP contribution in [0.5, 0.6) is 0 Å². The highest BCUT2D eigenvalue weighted by molar-refractivity contribution is 5.77. The highest BCUT2D eigenvalue weighted by atomic mass is 16.1. The number of para-hydroxylation sites is 1. The zero-order valence-electron chi connectivity index (χ0n) is 16.5. The lowest BCUT2D eigenvalue weighted by atomic mass is 10.2. The Morgan fingerprint density at radius 1 is 1.07 bits per heavy atom. The lowest BCUT2D eigenvalue weighted by Gasteiger charge is -2.35. The van der Waals surface area contributed by atoms with Crippen molar-refractivity contribution in [3.8, 4) is 0 Å². The first-order valence-corrected chi connectivity index (χ1v) is 10.4. The number of nitrogens with zero attached hydrogens (tertiary/aromatic N) is 7. The van der Waals surface area contributed by atoms with Crippen LogP contribution in [0.3, 0.4) is 0 Å². The zero-order valence-corrected chi connectivity index (χ0v) is 16.5. The SMILES string of the molecule is O=c1[nH]c(CN2CCN(c3nccn4c(C5CC5)nnc34)CC2)nc2ccccc12. The Morgan fingerprint density at radius 2 is 1.90 bits per heavy atom. The molecule has 4 heterocycles. The number of aromatic amines is 1. The van der Waals surface area contributed by atoms with Crippen molar-refractivity contribution in [1.29, 1.82) is 0 Å². The third-order valence-corrected chi connectivity index (χ3v) is 5.98. The molecule has 1 saturated carbocycles. The molecule has 1 saturated heterocycles. The van der Waals surface area contributed by atoms with Gasteiger partial charge in [-0.15, -0.1) is 10.2 Å². The topological polar surface area (TPSA) is 95.3 Å². The average molecular weight is 402 g/mol. The van der Waals surface area contributed by atoms with Crippen LogP contribution in [0.1, 0.15) is 30.4 Å². The number of piperazine rings is 1. The Kier molecular flexibility index (Phi) is 4.02. The number of hydrogen-bond acceptors (Lipinski definition) is 7. The summed E-state index contributed by atoms with van der Waals surface area (Å²) in [7, 11) is 0. The zero-order chi connectivity index (χ0) is 20.1. The third-order valence-electron chi connectivity index (χ3n) is 5.98. The number of nitrogens with one attached hydrogen (secondary N) is 1. The van der Waals surface area contributed by atoms with Crippen molar-refractivity contribution in [2.75, 3.05) is 31.1 Å². The molecule has 1 N–H and O–H groups in total. The van der Waals surface area contributed by atoms with Gasteiger partial charge in [0.1, 0.15) is 11.6 Å². The Hall–Kier alpha value is -3.33. The van der Waals surface area contributed by atoms with Crippen LogP contribution >= 0.6 is 0 Å². The van der Waals surface area contributed by atoms with Gasteiger partial charge in [-0.25, -0.2) is 9.97 Å². The van der Waals surface area contributed by atoms with Crippen LogP contribution in [-0.4, -0.2) is 60.6 Å². The Morgan fingerprint density at radius 3 is 2.73 bits per heavy atom. The van der Waals surface area contributed by atoms with Gasteiger partial charge in [-0.05, 0) is 25.0 Å². The molecule has 2 aliphatic rings. The quantitative estimate of drug-likeness (QED) is 0.553. The summed E-state index contributed by atoms with van der Waals surface area (Å²) in [5, 5.41) is 9.47. The maximum Gasteiger partial charge on any atom is 0.258 e. The van der Waals surface area contributed by atoms with Crippen molar-refractivity contribution in [1.82, 2.24) is 34.4 Å². The van der Waals surface area contributed by atoms with Gasteiger partial charge in [-0.1, -0.05) is 12.1 Å². The van der Waals surface area contributed by atoms with Crippen LogP contribution < -0.4 is 10.5 Å². The molecule has 1 aliphatic carbocycles. The van der Waals surface area contributed by atoms with E-state index in [9.17, 15) is 4.79 Å². The number of hydrogen-bond donors (Lipinski definition) is 1. The van der Waals surface area contributed by atoms with Crippen LogP contribution in [0.25, 0.3) is 16.6 Å². The third kappa shape index (κ3) is 3.02. The molecular weight excluding hydrogens is 380 g/mol.